The molecule has 0 atom stereocenters. The second-order valence-corrected chi connectivity index (χ2v) is 5.38. The summed E-state index contributed by atoms with van der Waals surface area (Å²) in [6.07, 6.45) is 9.12. The van der Waals surface area contributed by atoms with Crippen LogP contribution >= 0.6 is 0 Å². The first-order valence-electron chi connectivity index (χ1n) is 7.42. The van der Waals surface area contributed by atoms with Crippen molar-refractivity contribution >= 4 is 23.2 Å². The van der Waals surface area contributed by atoms with Gasteiger partial charge in [-0.1, -0.05) is 12.1 Å². The van der Waals surface area contributed by atoms with Crippen molar-refractivity contribution in [1.29, 1.82) is 0 Å². The Balaban J connectivity index is 1.92. The molecule has 3 heterocycles. The van der Waals surface area contributed by atoms with Crippen LogP contribution in [0.4, 0.5) is 0 Å². The van der Waals surface area contributed by atoms with E-state index in [-0.39, 0.29) is 0 Å². The fourth-order valence-electron chi connectivity index (χ4n) is 2.59. The van der Waals surface area contributed by atoms with Crippen molar-refractivity contribution in [3.63, 3.8) is 0 Å². The van der Waals surface area contributed by atoms with Crippen LogP contribution in [0.25, 0.3) is 29.0 Å². The van der Waals surface area contributed by atoms with E-state index < -0.39 is 0 Å². The lowest BCUT2D eigenvalue weighted by Crippen LogP contribution is -1.99. The highest BCUT2D eigenvalue weighted by Crippen LogP contribution is 2.23. The van der Waals surface area contributed by atoms with Crippen LogP contribution in [0.3, 0.4) is 0 Å². The van der Waals surface area contributed by atoms with E-state index in [4.69, 9.17) is 9.40 Å². The van der Waals surface area contributed by atoms with Gasteiger partial charge in [0.2, 0.25) is 0 Å². The predicted octanol–water partition coefficient (Wildman–Crippen LogP) is 4.49. The van der Waals surface area contributed by atoms with Crippen molar-refractivity contribution in [2.24, 2.45) is 0 Å². The quantitative estimate of drug-likeness (QED) is 0.560. The Kier molecular flexibility index (Phi) is 3.27. The molecule has 0 spiro atoms. The second kappa shape index (κ2) is 5.57. The van der Waals surface area contributed by atoms with Gasteiger partial charge in [0.25, 0.3) is 0 Å². The Labute approximate surface area is 133 Å². The van der Waals surface area contributed by atoms with Gasteiger partial charge in [-0.05, 0) is 55.0 Å². The van der Waals surface area contributed by atoms with Crippen molar-refractivity contribution in [2.75, 3.05) is 0 Å². The highest BCUT2D eigenvalue weighted by atomic mass is 16.3. The molecule has 0 aliphatic carbocycles. The number of fused-ring (bicyclic) bond motifs is 1. The number of aryl methyl sites for hydroxylation is 1. The Morgan fingerprint density at radius 1 is 1.09 bits per heavy atom. The first-order valence-corrected chi connectivity index (χ1v) is 7.42. The molecular formula is C19H15N3O. The van der Waals surface area contributed by atoms with Gasteiger partial charge in [0.1, 0.15) is 11.6 Å². The molecule has 4 nitrogen and oxygen atoms in total. The SMILES string of the molecule is Cc1ccc2c(c1)nc(C=Cc1ccoc1)n2-c1ccccn1. The number of benzene rings is 1. The van der Waals surface area contributed by atoms with Crippen LogP contribution in [0.5, 0.6) is 0 Å². The van der Waals surface area contributed by atoms with Crippen molar-refractivity contribution < 1.29 is 4.42 Å². The maximum atomic E-state index is 5.10. The van der Waals surface area contributed by atoms with Gasteiger partial charge in [-0.2, -0.15) is 0 Å². The normalized spacial score (nSPS) is 11.5. The van der Waals surface area contributed by atoms with E-state index in [1.165, 1.54) is 5.56 Å². The zero-order valence-electron chi connectivity index (χ0n) is 12.7. The minimum absolute atomic E-state index is 0.838. The first-order chi connectivity index (χ1) is 11.3. The number of imidazole rings is 1. The topological polar surface area (TPSA) is 43.9 Å². The Bertz CT molecular complexity index is 967. The summed E-state index contributed by atoms with van der Waals surface area (Å²) in [5.41, 5.74) is 4.19. The Hall–Kier alpha value is -3.14. The monoisotopic (exact) mass is 301 g/mol. The van der Waals surface area contributed by atoms with E-state index in [1.54, 1.807) is 18.7 Å². The molecule has 0 amide bonds. The van der Waals surface area contributed by atoms with Crippen LogP contribution in [0, 0.1) is 6.92 Å². The number of furan rings is 1. The molecule has 4 heteroatoms. The third kappa shape index (κ3) is 2.55. The first kappa shape index (κ1) is 13.5. The summed E-state index contributed by atoms with van der Waals surface area (Å²) in [6.45, 7) is 2.07. The van der Waals surface area contributed by atoms with Crippen LogP contribution in [0.15, 0.2) is 65.6 Å². The van der Waals surface area contributed by atoms with Crippen LogP contribution < -0.4 is 0 Å². The van der Waals surface area contributed by atoms with Crippen molar-refractivity contribution in [3.05, 3.63) is 78.1 Å². The standard InChI is InChI=1S/C19H15N3O/c1-14-5-7-17-16(12-14)21-19(8-6-15-9-11-23-13-15)22(17)18-4-2-3-10-20-18/h2-13H,1H3. The van der Waals surface area contributed by atoms with E-state index >= 15 is 0 Å². The maximum absolute atomic E-state index is 5.10. The molecule has 0 fully saturated rings. The number of rotatable bonds is 3. The van der Waals surface area contributed by atoms with E-state index in [2.05, 4.69) is 34.7 Å². The van der Waals surface area contributed by atoms with Gasteiger partial charge in [-0.3, -0.25) is 4.57 Å². The molecule has 23 heavy (non-hydrogen) atoms. The number of pyridine rings is 1. The molecule has 0 saturated heterocycles. The van der Waals surface area contributed by atoms with Gasteiger partial charge in [0.05, 0.1) is 23.6 Å². The molecule has 0 radical (unpaired) electrons. The number of hydrogen-bond donors (Lipinski definition) is 0. The van der Waals surface area contributed by atoms with E-state index in [0.29, 0.717) is 0 Å². The minimum Gasteiger partial charge on any atom is -0.472 e. The lowest BCUT2D eigenvalue weighted by atomic mass is 10.2. The largest absolute Gasteiger partial charge is 0.472 e. The molecule has 0 aliphatic heterocycles. The summed E-state index contributed by atoms with van der Waals surface area (Å²) in [6, 6.07) is 14.0. The number of aromatic nitrogens is 3. The third-order valence-corrected chi connectivity index (χ3v) is 3.68. The van der Waals surface area contributed by atoms with Gasteiger partial charge >= 0.3 is 0 Å². The maximum Gasteiger partial charge on any atom is 0.139 e. The Morgan fingerprint density at radius 2 is 2.04 bits per heavy atom. The van der Waals surface area contributed by atoms with Crippen LogP contribution in [-0.4, -0.2) is 14.5 Å². The van der Waals surface area contributed by atoms with Crippen LogP contribution in [0.2, 0.25) is 0 Å². The molecule has 0 N–H and O–H groups in total. The molecule has 3 aromatic heterocycles. The van der Waals surface area contributed by atoms with Crippen molar-refractivity contribution in [2.45, 2.75) is 6.92 Å². The Morgan fingerprint density at radius 3 is 2.83 bits per heavy atom. The molecule has 0 saturated carbocycles. The average molecular weight is 301 g/mol. The molecule has 4 rings (SSSR count). The number of nitrogens with zero attached hydrogens (tertiary/aromatic N) is 3. The molecule has 4 aromatic rings. The zero-order valence-corrected chi connectivity index (χ0v) is 12.7. The van der Waals surface area contributed by atoms with E-state index in [0.717, 1.165) is 28.2 Å². The summed E-state index contributed by atoms with van der Waals surface area (Å²) < 4.78 is 7.16. The predicted molar refractivity (Wildman–Crippen MR) is 91.2 cm³/mol. The van der Waals surface area contributed by atoms with Crippen molar-refractivity contribution in [3.8, 4) is 5.82 Å². The van der Waals surface area contributed by atoms with Gasteiger partial charge in [-0.25, -0.2) is 9.97 Å². The average Bonchev–Trinajstić information content (AvgIpc) is 3.20. The van der Waals surface area contributed by atoms with E-state index in [1.807, 2.05) is 36.4 Å². The molecule has 112 valence electrons. The summed E-state index contributed by atoms with van der Waals surface area (Å²) in [7, 11) is 0. The number of hydrogen-bond acceptors (Lipinski definition) is 3. The fourth-order valence-corrected chi connectivity index (χ4v) is 2.59. The zero-order chi connectivity index (χ0) is 15.6. The lowest BCUT2D eigenvalue weighted by Gasteiger charge is -2.05. The molecule has 0 unspecified atom stereocenters. The highest BCUT2D eigenvalue weighted by molar-refractivity contribution is 5.82. The van der Waals surface area contributed by atoms with Gasteiger partial charge in [-0.15, -0.1) is 0 Å². The minimum atomic E-state index is 0.838. The van der Waals surface area contributed by atoms with Gasteiger partial charge in [0.15, 0.2) is 0 Å². The summed E-state index contributed by atoms with van der Waals surface area (Å²) in [5.74, 6) is 1.69. The molecule has 1 aromatic carbocycles. The fraction of sp³-hybridized carbons (Fsp3) is 0.0526. The summed E-state index contributed by atoms with van der Waals surface area (Å²) in [4.78, 5) is 9.22. The van der Waals surface area contributed by atoms with Crippen molar-refractivity contribution in [1.82, 2.24) is 14.5 Å². The van der Waals surface area contributed by atoms with Gasteiger partial charge in [0, 0.05) is 11.8 Å². The molecule has 0 bridgehead atoms. The lowest BCUT2D eigenvalue weighted by molar-refractivity contribution is 0.567. The molecular weight excluding hydrogens is 286 g/mol. The third-order valence-electron chi connectivity index (χ3n) is 3.68. The summed E-state index contributed by atoms with van der Waals surface area (Å²) >= 11 is 0. The van der Waals surface area contributed by atoms with E-state index in [9.17, 15) is 0 Å². The van der Waals surface area contributed by atoms with Crippen LogP contribution in [0.1, 0.15) is 17.0 Å². The smallest absolute Gasteiger partial charge is 0.139 e. The second-order valence-electron chi connectivity index (χ2n) is 5.38. The van der Waals surface area contributed by atoms with Gasteiger partial charge < -0.3 is 4.42 Å². The van der Waals surface area contributed by atoms with Crippen LogP contribution in [-0.2, 0) is 0 Å². The summed E-state index contributed by atoms with van der Waals surface area (Å²) in [5, 5.41) is 0. The molecule has 0 aliphatic rings. The highest BCUT2D eigenvalue weighted by Gasteiger charge is 2.11.